The van der Waals surface area contributed by atoms with Gasteiger partial charge in [-0.05, 0) is 66.3 Å². The van der Waals surface area contributed by atoms with Crippen LogP contribution in [0.15, 0.2) is 41.5 Å². The number of halogens is 1. The predicted octanol–water partition coefficient (Wildman–Crippen LogP) is 4.98. The highest BCUT2D eigenvalue weighted by atomic mass is 127. The quantitative estimate of drug-likeness (QED) is 0.188. The number of ether oxygens (including phenoxy) is 2. The van der Waals surface area contributed by atoms with Gasteiger partial charge in [0.2, 0.25) is 0 Å². The normalized spacial score (nSPS) is 11.0. The fourth-order valence-electron chi connectivity index (χ4n) is 2.69. The minimum absolute atomic E-state index is 0.0134. The van der Waals surface area contributed by atoms with E-state index in [-0.39, 0.29) is 11.6 Å². The maximum Gasteiger partial charge on any atom is 0.281 e. The van der Waals surface area contributed by atoms with Crippen molar-refractivity contribution in [2.24, 2.45) is 5.10 Å². The number of non-ortho nitro benzene ring substituents is 1. The SMILES string of the molecule is CCOc1cc(/C=N\NC(=O)c2cc3cc([N+](=O)[O-])ccc3s2)cc(I)c1OCC. The topological polar surface area (TPSA) is 103 Å². The number of nitro benzene ring substituents is 1. The third-order valence-electron chi connectivity index (χ3n) is 3.93. The number of nitrogens with one attached hydrogen (secondary N) is 1. The summed E-state index contributed by atoms with van der Waals surface area (Å²) in [6.07, 6.45) is 1.52. The highest BCUT2D eigenvalue weighted by Gasteiger charge is 2.14. The van der Waals surface area contributed by atoms with Crippen LogP contribution in [0.2, 0.25) is 0 Å². The number of fused-ring (bicyclic) bond motifs is 1. The molecule has 1 heterocycles. The van der Waals surface area contributed by atoms with Crippen LogP contribution in [0.4, 0.5) is 5.69 Å². The summed E-state index contributed by atoms with van der Waals surface area (Å²) in [5, 5.41) is 15.6. The Bertz CT molecular complexity index is 1130. The highest BCUT2D eigenvalue weighted by Crippen LogP contribution is 2.34. The van der Waals surface area contributed by atoms with Crippen molar-refractivity contribution in [2.75, 3.05) is 13.2 Å². The van der Waals surface area contributed by atoms with E-state index in [4.69, 9.17) is 9.47 Å². The summed E-state index contributed by atoms with van der Waals surface area (Å²) in [4.78, 5) is 23.3. The Morgan fingerprint density at radius 2 is 2.00 bits per heavy atom. The summed E-state index contributed by atoms with van der Waals surface area (Å²) in [5.74, 6) is 0.909. The largest absolute Gasteiger partial charge is 0.490 e. The molecule has 0 fully saturated rings. The summed E-state index contributed by atoms with van der Waals surface area (Å²) in [6.45, 7) is 4.82. The number of hydrazone groups is 1. The smallest absolute Gasteiger partial charge is 0.281 e. The molecular weight excluding hydrogens is 521 g/mol. The molecular formula is C20H18IN3O5S. The molecule has 1 aromatic heterocycles. The Morgan fingerprint density at radius 1 is 1.23 bits per heavy atom. The first-order chi connectivity index (χ1) is 14.4. The molecule has 3 rings (SSSR count). The molecule has 0 unspecified atom stereocenters. The fraction of sp³-hybridized carbons (Fsp3) is 0.200. The van der Waals surface area contributed by atoms with E-state index in [0.29, 0.717) is 35.0 Å². The van der Waals surface area contributed by atoms with Crippen LogP contribution in [0.1, 0.15) is 29.1 Å². The van der Waals surface area contributed by atoms with Crippen LogP contribution in [-0.4, -0.2) is 30.3 Å². The molecule has 0 bridgehead atoms. The van der Waals surface area contributed by atoms with Gasteiger partial charge < -0.3 is 9.47 Å². The molecule has 8 nitrogen and oxygen atoms in total. The Morgan fingerprint density at radius 3 is 2.70 bits per heavy atom. The van der Waals surface area contributed by atoms with Crippen molar-refractivity contribution in [3.8, 4) is 11.5 Å². The summed E-state index contributed by atoms with van der Waals surface area (Å²) >= 11 is 3.41. The van der Waals surface area contributed by atoms with E-state index in [2.05, 4.69) is 33.1 Å². The standard InChI is InChI=1S/C20H18IN3O5S/c1-3-28-16-8-12(7-15(21)19(16)29-4-2)11-22-23-20(25)18-10-13-9-14(24(26)27)5-6-17(13)30-18/h5-11H,3-4H2,1-2H3,(H,23,25)/b22-11-. The van der Waals surface area contributed by atoms with Crippen molar-refractivity contribution in [3.05, 3.63) is 60.5 Å². The van der Waals surface area contributed by atoms with Crippen molar-refractivity contribution in [2.45, 2.75) is 13.8 Å². The first-order valence-electron chi connectivity index (χ1n) is 9.03. The van der Waals surface area contributed by atoms with E-state index in [0.717, 1.165) is 13.8 Å². The zero-order valence-corrected chi connectivity index (χ0v) is 19.2. The molecule has 3 aromatic rings. The van der Waals surface area contributed by atoms with Crippen LogP contribution in [0.3, 0.4) is 0 Å². The molecule has 0 aliphatic rings. The van der Waals surface area contributed by atoms with Gasteiger partial charge in [0.25, 0.3) is 11.6 Å². The molecule has 156 valence electrons. The second-order valence-corrected chi connectivity index (χ2v) is 8.23. The molecule has 1 amide bonds. The molecule has 0 aliphatic heterocycles. The number of rotatable bonds is 8. The van der Waals surface area contributed by atoms with Gasteiger partial charge in [0.15, 0.2) is 11.5 Å². The minimum Gasteiger partial charge on any atom is -0.490 e. The van der Waals surface area contributed by atoms with Gasteiger partial charge in [-0.25, -0.2) is 5.43 Å². The molecule has 0 atom stereocenters. The number of hydrogen-bond acceptors (Lipinski definition) is 7. The van der Waals surface area contributed by atoms with Crippen LogP contribution in [-0.2, 0) is 0 Å². The number of benzene rings is 2. The third-order valence-corrected chi connectivity index (χ3v) is 5.85. The van der Waals surface area contributed by atoms with Crippen molar-refractivity contribution >= 4 is 61.8 Å². The van der Waals surface area contributed by atoms with Crippen LogP contribution < -0.4 is 14.9 Å². The molecule has 0 aliphatic carbocycles. The van der Waals surface area contributed by atoms with Crippen LogP contribution in [0.25, 0.3) is 10.1 Å². The van der Waals surface area contributed by atoms with E-state index >= 15 is 0 Å². The molecule has 0 radical (unpaired) electrons. The minimum atomic E-state index is -0.462. The van der Waals surface area contributed by atoms with Crippen molar-refractivity contribution in [1.82, 2.24) is 5.43 Å². The second-order valence-electron chi connectivity index (χ2n) is 5.99. The third kappa shape index (κ3) is 5.05. The maximum absolute atomic E-state index is 12.4. The number of amides is 1. The summed E-state index contributed by atoms with van der Waals surface area (Å²) in [6, 6.07) is 9.79. The van der Waals surface area contributed by atoms with E-state index in [9.17, 15) is 14.9 Å². The van der Waals surface area contributed by atoms with Gasteiger partial charge in [-0.1, -0.05) is 0 Å². The zero-order chi connectivity index (χ0) is 21.7. The van der Waals surface area contributed by atoms with Crippen molar-refractivity contribution < 1.29 is 19.2 Å². The Balaban J connectivity index is 1.75. The molecule has 0 saturated carbocycles. The highest BCUT2D eigenvalue weighted by molar-refractivity contribution is 14.1. The van der Waals surface area contributed by atoms with E-state index < -0.39 is 4.92 Å². The lowest BCUT2D eigenvalue weighted by atomic mass is 10.2. The molecule has 30 heavy (non-hydrogen) atoms. The van der Waals surface area contributed by atoms with E-state index in [1.54, 1.807) is 18.2 Å². The lowest BCUT2D eigenvalue weighted by Gasteiger charge is -2.13. The van der Waals surface area contributed by atoms with Crippen LogP contribution in [0, 0.1) is 13.7 Å². The molecule has 0 spiro atoms. The Kier molecular flexibility index (Phi) is 7.21. The Hall–Kier alpha value is -2.73. The first kappa shape index (κ1) is 22.0. The van der Waals surface area contributed by atoms with Gasteiger partial charge in [0.1, 0.15) is 0 Å². The number of thiophene rings is 1. The lowest BCUT2D eigenvalue weighted by Crippen LogP contribution is -2.16. The summed E-state index contributed by atoms with van der Waals surface area (Å²) < 4.78 is 12.9. The van der Waals surface area contributed by atoms with Gasteiger partial charge in [-0.15, -0.1) is 11.3 Å². The van der Waals surface area contributed by atoms with Crippen LogP contribution >= 0.6 is 33.9 Å². The number of nitro groups is 1. The molecule has 1 N–H and O–H groups in total. The summed E-state index contributed by atoms with van der Waals surface area (Å²) in [5.41, 5.74) is 3.22. The first-order valence-corrected chi connectivity index (χ1v) is 10.9. The van der Waals surface area contributed by atoms with Crippen molar-refractivity contribution in [1.29, 1.82) is 0 Å². The van der Waals surface area contributed by atoms with Gasteiger partial charge in [0, 0.05) is 22.2 Å². The van der Waals surface area contributed by atoms with Crippen molar-refractivity contribution in [3.63, 3.8) is 0 Å². The molecule has 0 saturated heterocycles. The number of hydrogen-bond donors (Lipinski definition) is 1. The predicted molar refractivity (Wildman–Crippen MR) is 125 cm³/mol. The summed E-state index contributed by atoms with van der Waals surface area (Å²) in [7, 11) is 0. The van der Waals surface area contributed by atoms with Crippen LogP contribution in [0.5, 0.6) is 11.5 Å². The lowest BCUT2D eigenvalue weighted by molar-refractivity contribution is -0.384. The average Bonchev–Trinajstić information content (AvgIpc) is 3.14. The molecule has 2 aromatic carbocycles. The Labute approximate surface area is 190 Å². The second kappa shape index (κ2) is 9.85. The molecule has 10 heteroatoms. The average molecular weight is 539 g/mol. The fourth-order valence-corrected chi connectivity index (χ4v) is 4.40. The van der Waals surface area contributed by atoms with E-state index in [1.165, 1.54) is 29.7 Å². The monoisotopic (exact) mass is 539 g/mol. The van der Waals surface area contributed by atoms with Gasteiger partial charge in [-0.2, -0.15) is 5.10 Å². The maximum atomic E-state index is 12.4. The zero-order valence-electron chi connectivity index (χ0n) is 16.2. The number of carbonyl (C=O) groups excluding carboxylic acids is 1. The number of nitrogens with zero attached hydrogens (tertiary/aromatic N) is 2. The van der Waals surface area contributed by atoms with Gasteiger partial charge in [-0.3, -0.25) is 14.9 Å². The van der Waals surface area contributed by atoms with Gasteiger partial charge in [0.05, 0.1) is 32.8 Å². The number of carbonyl (C=O) groups is 1. The van der Waals surface area contributed by atoms with Gasteiger partial charge >= 0.3 is 0 Å². The van der Waals surface area contributed by atoms with E-state index in [1.807, 2.05) is 19.9 Å².